The molecule has 116 valence electrons. The van der Waals surface area contributed by atoms with Crippen molar-refractivity contribution in [2.75, 3.05) is 37.0 Å². The van der Waals surface area contributed by atoms with E-state index in [0.29, 0.717) is 19.6 Å². The first kappa shape index (κ1) is 15.8. The van der Waals surface area contributed by atoms with Crippen molar-refractivity contribution < 1.29 is 9.53 Å². The molecule has 1 aliphatic heterocycles. The second-order valence-corrected chi connectivity index (χ2v) is 5.43. The lowest BCUT2D eigenvalue weighted by atomic mass is 10.1. The Morgan fingerprint density at radius 1 is 1.48 bits per heavy atom. The van der Waals surface area contributed by atoms with E-state index in [1.165, 1.54) is 0 Å². The molecular formula is C16H25N3O2. The van der Waals surface area contributed by atoms with Crippen molar-refractivity contribution in [2.45, 2.75) is 31.7 Å². The predicted molar refractivity (Wildman–Crippen MR) is 85.6 cm³/mol. The van der Waals surface area contributed by atoms with Gasteiger partial charge in [0.25, 0.3) is 0 Å². The molecule has 0 spiro atoms. The van der Waals surface area contributed by atoms with E-state index in [9.17, 15) is 4.79 Å². The highest BCUT2D eigenvalue weighted by Gasteiger charge is 2.21. The fourth-order valence-electron chi connectivity index (χ4n) is 2.68. The first-order valence-electron chi connectivity index (χ1n) is 7.60. The van der Waals surface area contributed by atoms with Gasteiger partial charge in [0.1, 0.15) is 0 Å². The van der Waals surface area contributed by atoms with Gasteiger partial charge in [-0.05, 0) is 44.0 Å². The Bertz CT molecular complexity index is 465. The van der Waals surface area contributed by atoms with Crippen LogP contribution in [0.25, 0.3) is 0 Å². The molecule has 5 nitrogen and oxygen atoms in total. The lowest BCUT2D eigenvalue weighted by molar-refractivity contribution is -0.117. The summed E-state index contributed by atoms with van der Waals surface area (Å²) in [5.74, 6) is 0.212. The summed E-state index contributed by atoms with van der Waals surface area (Å²) in [6.07, 6.45) is 3.53. The van der Waals surface area contributed by atoms with Crippen LogP contribution in [0, 0.1) is 0 Å². The van der Waals surface area contributed by atoms with Crippen LogP contribution in [0.1, 0.15) is 25.7 Å². The number of carbonyl (C=O) groups is 1. The van der Waals surface area contributed by atoms with Crippen LogP contribution in [0.4, 0.5) is 11.4 Å². The molecule has 21 heavy (non-hydrogen) atoms. The van der Waals surface area contributed by atoms with Gasteiger partial charge in [0.2, 0.25) is 5.91 Å². The van der Waals surface area contributed by atoms with Crippen LogP contribution in [-0.2, 0) is 9.53 Å². The van der Waals surface area contributed by atoms with E-state index in [-0.39, 0.29) is 11.9 Å². The Morgan fingerprint density at radius 2 is 2.33 bits per heavy atom. The van der Waals surface area contributed by atoms with Crippen LogP contribution in [0.3, 0.4) is 0 Å². The molecule has 0 aliphatic carbocycles. The molecule has 2 rings (SSSR count). The van der Waals surface area contributed by atoms with E-state index < -0.39 is 0 Å². The fraction of sp³-hybridized carbons (Fsp3) is 0.562. The van der Waals surface area contributed by atoms with Crippen molar-refractivity contribution in [3.63, 3.8) is 0 Å². The zero-order valence-corrected chi connectivity index (χ0v) is 12.7. The number of hydrogen-bond acceptors (Lipinski definition) is 4. The second kappa shape index (κ2) is 8.00. The maximum Gasteiger partial charge on any atom is 0.227 e. The Kier molecular flexibility index (Phi) is 6.02. The molecule has 0 saturated carbocycles. The van der Waals surface area contributed by atoms with Gasteiger partial charge in [0, 0.05) is 37.5 Å². The summed E-state index contributed by atoms with van der Waals surface area (Å²) in [7, 11) is 1.70. The number of amides is 1. The predicted octanol–water partition coefficient (Wildman–Crippen LogP) is 1.98. The number of hydrogen-bond donors (Lipinski definition) is 2. The Hall–Kier alpha value is -1.59. The van der Waals surface area contributed by atoms with Crippen molar-refractivity contribution >= 4 is 17.3 Å². The molecule has 0 bridgehead atoms. The number of benzene rings is 1. The van der Waals surface area contributed by atoms with E-state index in [2.05, 4.69) is 5.32 Å². The monoisotopic (exact) mass is 291 g/mol. The Morgan fingerprint density at radius 3 is 3.00 bits per heavy atom. The average molecular weight is 291 g/mol. The molecule has 0 aromatic heterocycles. The number of carbonyl (C=O) groups excluding carboxylic acids is 1. The van der Waals surface area contributed by atoms with Crippen LogP contribution in [0.5, 0.6) is 0 Å². The van der Waals surface area contributed by atoms with E-state index in [0.717, 1.165) is 37.2 Å². The topological polar surface area (TPSA) is 67.6 Å². The van der Waals surface area contributed by atoms with Crippen LogP contribution in [0.2, 0.25) is 0 Å². The van der Waals surface area contributed by atoms with Gasteiger partial charge in [-0.15, -0.1) is 0 Å². The van der Waals surface area contributed by atoms with Gasteiger partial charge in [-0.1, -0.05) is 6.07 Å². The quantitative estimate of drug-likeness (QED) is 0.768. The molecule has 1 fully saturated rings. The summed E-state index contributed by atoms with van der Waals surface area (Å²) in [5, 5.41) is 3.47. The standard InChI is InChI=1S/C16H25N3O2/c1-21-12-14(6-3-9-17)18-13-5-2-7-15(11-13)19-10-4-8-16(19)20/h2,5,7,11,14,18H,3-4,6,8-10,12,17H2,1H3. The molecule has 5 heteroatoms. The maximum atomic E-state index is 11.8. The lowest BCUT2D eigenvalue weighted by Gasteiger charge is -2.21. The molecule has 1 heterocycles. The molecular weight excluding hydrogens is 266 g/mol. The number of nitrogens with zero attached hydrogens (tertiary/aromatic N) is 1. The molecule has 1 unspecified atom stereocenters. The summed E-state index contributed by atoms with van der Waals surface area (Å²) in [6.45, 7) is 2.15. The number of rotatable bonds is 8. The highest BCUT2D eigenvalue weighted by molar-refractivity contribution is 5.95. The van der Waals surface area contributed by atoms with Crippen LogP contribution in [0.15, 0.2) is 24.3 Å². The molecule has 1 aromatic carbocycles. The molecule has 3 N–H and O–H groups in total. The minimum absolute atomic E-state index is 0.212. The SMILES string of the molecule is COCC(CCCN)Nc1cccc(N2CCCC2=O)c1. The molecule has 1 amide bonds. The Balaban J connectivity index is 2.03. The van der Waals surface area contributed by atoms with Crippen LogP contribution in [-0.4, -0.2) is 38.8 Å². The van der Waals surface area contributed by atoms with E-state index in [4.69, 9.17) is 10.5 Å². The van der Waals surface area contributed by atoms with E-state index >= 15 is 0 Å². The van der Waals surface area contributed by atoms with Crippen molar-refractivity contribution in [3.05, 3.63) is 24.3 Å². The highest BCUT2D eigenvalue weighted by Crippen LogP contribution is 2.24. The number of anilines is 2. The number of methoxy groups -OCH3 is 1. The van der Waals surface area contributed by atoms with E-state index in [1.807, 2.05) is 29.2 Å². The van der Waals surface area contributed by atoms with E-state index in [1.54, 1.807) is 7.11 Å². The third kappa shape index (κ3) is 4.44. The summed E-state index contributed by atoms with van der Waals surface area (Å²) in [4.78, 5) is 13.7. The molecule has 1 atom stereocenters. The minimum Gasteiger partial charge on any atom is -0.383 e. The highest BCUT2D eigenvalue weighted by atomic mass is 16.5. The van der Waals surface area contributed by atoms with Gasteiger partial charge in [0.15, 0.2) is 0 Å². The van der Waals surface area contributed by atoms with Crippen molar-refractivity contribution in [2.24, 2.45) is 5.73 Å². The van der Waals surface area contributed by atoms with Crippen molar-refractivity contribution in [1.29, 1.82) is 0 Å². The number of nitrogens with one attached hydrogen (secondary N) is 1. The van der Waals surface area contributed by atoms with Crippen LogP contribution < -0.4 is 16.0 Å². The van der Waals surface area contributed by atoms with Gasteiger partial charge in [-0.3, -0.25) is 4.79 Å². The van der Waals surface area contributed by atoms with Crippen molar-refractivity contribution in [3.8, 4) is 0 Å². The summed E-state index contributed by atoms with van der Waals surface area (Å²) >= 11 is 0. The third-order valence-corrected chi connectivity index (χ3v) is 3.73. The summed E-state index contributed by atoms with van der Waals surface area (Å²) in [5.41, 5.74) is 7.57. The number of nitrogens with two attached hydrogens (primary N) is 1. The van der Waals surface area contributed by atoms with Gasteiger partial charge >= 0.3 is 0 Å². The Labute approximate surface area is 126 Å². The van der Waals surface area contributed by atoms with Gasteiger partial charge in [0.05, 0.1) is 6.61 Å². The number of ether oxygens (including phenoxy) is 1. The fourth-order valence-corrected chi connectivity index (χ4v) is 2.68. The van der Waals surface area contributed by atoms with Crippen LogP contribution >= 0.6 is 0 Å². The second-order valence-electron chi connectivity index (χ2n) is 5.43. The summed E-state index contributed by atoms with van der Waals surface area (Å²) in [6, 6.07) is 8.27. The van der Waals surface area contributed by atoms with Gasteiger partial charge < -0.3 is 20.7 Å². The largest absolute Gasteiger partial charge is 0.383 e. The zero-order valence-electron chi connectivity index (χ0n) is 12.7. The molecule has 0 radical (unpaired) electrons. The van der Waals surface area contributed by atoms with Crippen molar-refractivity contribution in [1.82, 2.24) is 0 Å². The van der Waals surface area contributed by atoms with Gasteiger partial charge in [-0.2, -0.15) is 0 Å². The minimum atomic E-state index is 0.212. The third-order valence-electron chi connectivity index (χ3n) is 3.73. The zero-order chi connectivity index (χ0) is 15.1. The normalized spacial score (nSPS) is 16.3. The average Bonchev–Trinajstić information content (AvgIpc) is 2.91. The first-order chi connectivity index (χ1) is 10.2. The summed E-state index contributed by atoms with van der Waals surface area (Å²) < 4.78 is 5.25. The maximum absolute atomic E-state index is 11.8. The molecule has 1 saturated heterocycles. The smallest absolute Gasteiger partial charge is 0.227 e. The van der Waals surface area contributed by atoms with Gasteiger partial charge in [-0.25, -0.2) is 0 Å². The lowest BCUT2D eigenvalue weighted by Crippen LogP contribution is -2.26. The molecule has 1 aromatic rings. The first-order valence-corrected chi connectivity index (χ1v) is 7.60. The molecule has 1 aliphatic rings.